The fourth-order valence-electron chi connectivity index (χ4n) is 1.57. The summed E-state index contributed by atoms with van der Waals surface area (Å²) in [5.74, 6) is 0.711. The lowest BCUT2D eigenvalue weighted by molar-refractivity contribution is 0.396. The van der Waals surface area contributed by atoms with Gasteiger partial charge in [0.2, 0.25) is 5.88 Å². The third kappa shape index (κ3) is 1.43. The Morgan fingerprint density at radius 1 is 1.14 bits per heavy atom. The van der Waals surface area contributed by atoms with Crippen LogP contribution in [0.15, 0.2) is 24.3 Å². The van der Waals surface area contributed by atoms with E-state index in [1.54, 1.807) is 7.11 Å². The van der Waals surface area contributed by atoms with Crippen molar-refractivity contribution in [3.8, 4) is 5.88 Å². The van der Waals surface area contributed by atoms with Gasteiger partial charge in [-0.05, 0) is 31.5 Å². The van der Waals surface area contributed by atoms with Crippen molar-refractivity contribution in [1.29, 1.82) is 0 Å². The van der Waals surface area contributed by atoms with Crippen LogP contribution in [-0.4, -0.2) is 12.1 Å². The number of nitrogens with zero attached hydrogens (tertiary/aromatic N) is 1. The molecule has 2 nitrogen and oxygen atoms in total. The van der Waals surface area contributed by atoms with E-state index in [9.17, 15) is 0 Å². The molecule has 2 heteroatoms. The summed E-state index contributed by atoms with van der Waals surface area (Å²) < 4.78 is 5.18. The largest absolute Gasteiger partial charge is 0.481 e. The van der Waals surface area contributed by atoms with Crippen LogP contribution in [0, 0.1) is 13.8 Å². The third-order valence-corrected chi connectivity index (χ3v) is 2.31. The molecule has 1 aromatic carbocycles. The highest BCUT2D eigenvalue weighted by Crippen LogP contribution is 2.21. The van der Waals surface area contributed by atoms with Crippen LogP contribution in [0.1, 0.15) is 11.1 Å². The first kappa shape index (κ1) is 9.00. The zero-order valence-corrected chi connectivity index (χ0v) is 8.66. The molecule has 1 aromatic heterocycles. The summed E-state index contributed by atoms with van der Waals surface area (Å²) in [4.78, 5) is 4.43. The van der Waals surface area contributed by atoms with Gasteiger partial charge in [0.25, 0.3) is 0 Å². The van der Waals surface area contributed by atoms with E-state index in [-0.39, 0.29) is 0 Å². The number of pyridine rings is 1. The van der Waals surface area contributed by atoms with Gasteiger partial charge >= 0.3 is 0 Å². The molecule has 0 spiro atoms. The summed E-state index contributed by atoms with van der Waals surface area (Å²) in [6.07, 6.45) is 0. The Labute approximate surface area is 83.5 Å². The van der Waals surface area contributed by atoms with E-state index in [1.807, 2.05) is 6.92 Å². The van der Waals surface area contributed by atoms with Gasteiger partial charge in [0, 0.05) is 10.9 Å². The van der Waals surface area contributed by atoms with Gasteiger partial charge in [0.1, 0.15) is 0 Å². The molecule has 0 aliphatic rings. The summed E-state index contributed by atoms with van der Waals surface area (Å²) in [7, 11) is 1.65. The Kier molecular flexibility index (Phi) is 2.12. The van der Waals surface area contributed by atoms with E-state index in [1.165, 1.54) is 5.56 Å². The molecule has 0 saturated carbocycles. The number of fused-ring (bicyclic) bond motifs is 1. The molecule has 0 N–H and O–H groups in total. The second-order valence-corrected chi connectivity index (χ2v) is 3.51. The highest BCUT2D eigenvalue weighted by atomic mass is 16.5. The topological polar surface area (TPSA) is 22.1 Å². The van der Waals surface area contributed by atoms with Crippen LogP contribution >= 0.6 is 0 Å². The van der Waals surface area contributed by atoms with Gasteiger partial charge in [-0.1, -0.05) is 12.1 Å². The van der Waals surface area contributed by atoms with Crippen molar-refractivity contribution in [3.63, 3.8) is 0 Å². The smallest absolute Gasteiger partial charge is 0.216 e. The minimum absolute atomic E-state index is 0.711. The molecule has 0 fully saturated rings. The predicted molar refractivity (Wildman–Crippen MR) is 57.8 cm³/mol. The molecule has 2 rings (SSSR count). The van der Waals surface area contributed by atoms with Crippen LogP contribution in [0.3, 0.4) is 0 Å². The minimum Gasteiger partial charge on any atom is -0.481 e. The van der Waals surface area contributed by atoms with Gasteiger partial charge in [0.05, 0.1) is 12.6 Å². The maximum absolute atomic E-state index is 5.18. The van der Waals surface area contributed by atoms with Gasteiger partial charge in [-0.15, -0.1) is 0 Å². The van der Waals surface area contributed by atoms with Crippen molar-refractivity contribution >= 4 is 10.9 Å². The lowest BCUT2D eigenvalue weighted by atomic mass is 10.1. The molecule has 0 unspecified atom stereocenters. The molecule has 72 valence electrons. The van der Waals surface area contributed by atoms with E-state index in [0.717, 1.165) is 16.5 Å². The summed E-state index contributed by atoms with van der Waals surface area (Å²) in [6.45, 7) is 4.07. The number of hydrogen-bond donors (Lipinski definition) is 0. The Morgan fingerprint density at radius 2 is 1.93 bits per heavy atom. The fraction of sp³-hybridized carbons (Fsp3) is 0.250. The Hall–Kier alpha value is -1.57. The molecule has 14 heavy (non-hydrogen) atoms. The van der Waals surface area contributed by atoms with Gasteiger partial charge in [-0.2, -0.15) is 0 Å². The second-order valence-electron chi connectivity index (χ2n) is 3.51. The normalized spacial score (nSPS) is 10.5. The molecule has 0 amide bonds. The first-order valence-corrected chi connectivity index (χ1v) is 4.62. The zero-order valence-electron chi connectivity index (χ0n) is 8.66. The Balaban J connectivity index is 2.73. The zero-order chi connectivity index (χ0) is 10.1. The van der Waals surface area contributed by atoms with Crippen molar-refractivity contribution in [2.75, 3.05) is 7.11 Å². The second kappa shape index (κ2) is 3.29. The first-order chi connectivity index (χ1) is 6.70. The van der Waals surface area contributed by atoms with Crippen LogP contribution in [0.4, 0.5) is 0 Å². The average molecular weight is 187 g/mol. The molecule has 0 atom stereocenters. The summed E-state index contributed by atoms with van der Waals surface area (Å²) >= 11 is 0. The maximum atomic E-state index is 5.18. The van der Waals surface area contributed by atoms with Gasteiger partial charge in [-0.3, -0.25) is 0 Å². The molecule has 0 aliphatic carbocycles. The number of hydrogen-bond acceptors (Lipinski definition) is 2. The van der Waals surface area contributed by atoms with Crippen molar-refractivity contribution < 1.29 is 4.74 Å². The van der Waals surface area contributed by atoms with Crippen molar-refractivity contribution in [1.82, 2.24) is 4.98 Å². The molecule has 2 aromatic rings. The van der Waals surface area contributed by atoms with Gasteiger partial charge in [0.15, 0.2) is 0 Å². The van der Waals surface area contributed by atoms with Crippen LogP contribution in [-0.2, 0) is 0 Å². The molecular weight excluding hydrogens is 174 g/mol. The van der Waals surface area contributed by atoms with Crippen LogP contribution in [0.25, 0.3) is 10.9 Å². The summed E-state index contributed by atoms with van der Waals surface area (Å²) in [5, 5.41) is 1.16. The van der Waals surface area contributed by atoms with E-state index in [2.05, 4.69) is 36.2 Å². The SMILES string of the molecule is COc1nc2cc(C)ccc2cc1C. The molecule has 0 radical (unpaired) electrons. The van der Waals surface area contributed by atoms with Crippen LogP contribution in [0.2, 0.25) is 0 Å². The van der Waals surface area contributed by atoms with Crippen molar-refractivity contribution in [2.45, 2.75) is 13.8 Å². The Bertz CT molecular complexity index is 477. The third-order valence-electron chi connectivity index (χ3n) is 2.31. The van der Waals surface area contributed by atoms with E-state index in [0.29, 0.717) is 5.88 Å². The molecule has 0 saturated heterocycles. The maximum Gasteiger partial charge on any atom is 0.216 e. The molecule has 0 aliphatic heterocycles. The first-order valence-electron chi connectivity index (χ1n) is 4.62. The number of rotatable bonds is 1. The summed E-state index contributed by atoms with van der Waals surface area (Å²) in [6, 6.07) is 8.35. The number of aryl methyl sites for hydroxylation is 2. The molecule has 0 bridgehead atoms. The van der Waals surface area contributed by atoms with E-state index < -0.39 is 0 Å². The molecule has 1 heterocycles. The number of benzene rings is 1. The van der Waals surface area contributed by atoms with E-state index >= 15 is 0 Å². The lowest BCUT2D eigenvalue weighted by Gasteiger charge is -2.05. The van der Waals surface area contributed by atoms with Crippen molar-refractivity contribution in [3.05, 3.63) is 35.4 Å². The minimum atomic E-state index is 0.711. The molecular formula is C12H13NO. The van der Waals surface area contributed by atoms with Crippen LogP contribution < -0.4 is 4.74 Å². The highest BCUT2D eigenvalue weighted by molar-refractivity contribution is 5.80. The quantitative estimate of drug-likeness (QED) is 0.684. The standard InChI is InChI=1S/C12H13NO/c1-8-4-5-10-7-9(2)12(14-3)13-11(10)6-8/h4-7H,1-3H3. The highest BCUT2D eigenvalue weighted by Gasteiger charge is 2.02. The van der Waals surface area contributed by atoms with Gasteiger partial charge < -0.3 is 4.74 Å². The number of ether oxygens (including phenoxy) is 1. The van der Waals surface area contributed by atoms with Crippen molar-refractivity contribution in [2.24, 2.45) is 0 Å². The Morgan fingerprint density at radius 3 is 2.64 bits per heavy atom. The van der Waals surface area contributed by atoms with Gasteiger partial charge in [-0.25, -0.2) is 4.98 Å². The predicted octanol–water partition coefficient (Wildman–Crippen LogP) is 2.86. The summed E-state index contributed by atoms with van der Waals surface area (Å²) in [5.41, 5.74) is 3.28. The number of aromatic nitrogens is 1. The lowest BCUT2D eigenvalue weighted by Crippen LogP contribution is -1.92. The fourth-order valence-corrected chi connectivity index (χ4v) is 1.57. The number of methoxy groups -OCH3 is 1. The van der Waals surface area contributed by atoms with Crippen LogP contribution in [0.5, 0.6) is 5.88 Å². The monoisotopic (exact) mass is 187 g/mol. The average Bonchev–Trinajstić information content (AvgIpc) is 2.17. The van der Waals surface area contributed by atoms with E-state index in [4.69, 9.17) is 4.74 Å².